The van der Waals surface area contributed by atoms with Crippen LogP contribution in [0.15, 0.2) is 55.5 Å². The van der Waals surface area contributed by atoms with E-state index in [1.165, 1.54) is 18.9 Å². The highest BCUT2D eigenvalue weighted by atomic mass is 16.4. The van der Waals surface area contributed by atoms with Crippen molar-refractivity contribution in [2.45, 2.75) is 62.7 Å². The van der Waals surface area contributed by atoms with Crippen LogP contribution in [0.2, 0.25) is 0 Å². The Balaban J connectivity index is 1.55. The molecule has 0 aliphatic rings. The van der Waals surface area contributed by atoms with Crippen molar-refractivity contribution < 1.29 is 24.3 Å². The molecule has 0 aliphatic heterocycles. The lowest BCUT2D eigenvalue weighted by Crippen LogP contribution is -2.58. The summed E-state index contributed by atoms with van der Waals surface area (Å²) >= 11 is 0. The predicted octanol–water partition coefficient (Wildman–Crippen LogP) is -0.363. The second kappa shape index (κ2) is 15.5. The molecule has 0 fully saturated rings. The van der Waals surface area contributed by atoms with Crippen molar-refractivity contribution in [3.63, 3.8) is 0 Å². The Kier molecular flexibility index (Phi) is 11.2. The van der Waals surface area contributed by atoms with Gasteiger partial charge in [-0.05, 0) is 37.4 Å². The number of hydrogen-bond donors (Lipinski definition) is 9. The highest BCUT2D eigenvalue weighted by molar-refractivity contribution is 5.95. The van der Waals surface area contributed by atoms with E-state index >= 15 is 0 Å². The highest BCUT2D eigenvalue weighted by Crippen LogP contribution is 2.19. The number of fused-ring (bicyclic) bond motifs is 1. The lowest BCUT2D eigenvalue weighted by Gasteiger charge is -2.25. The number of hydrogen-bond acceptors (Lipinski definition) is 8. The molecule has 15 nitrogen and oxygen atoms in total. The number of para-hydroxylation sites is 1. The number of carboxylic acids is 1. The Morgan fingerprint density at radius 2 is 1.41 bits per heavy atom. The lowest BCUT2D eigenvalue weighted by atomic mass is 10.0. The predicted molar refractivity (Wildman–Crippen MR) is 161 cm³/mol. The topological polar surface area (TPSA) is 250 Å². The Labute approximate surface area is 253 Å². The van der Waals surface area contributed by atoms with E-state index in [9.17, 15) is 24.3 Å². The van der Waals surface area contributed by atoms with Gasteiger partial charge in [0.1, 0.15) is 18.1 Å². The number of benzene rings is 1. The van der Waals surface area contributed by atoms with Crippen molar-refractivity contribution in [1.82, 2.24) is 40.9 Å². The summed E-state index contributed by atoms with van der Waals surface area (Å²) in [5, 5.41) is 18.6. The minimum atomic E-state index is -1.20. The molecule has 3 heterocycles. The number of aromatic nitrogens is 5. The summed E-state index contributed by atoms with van der Waals surface area (Å²) in [6.07, 6.45) is 9.27. The summed E-state index contributed by atoms with van der Waals surface area (Å²) in [5.41, 5.74) is 14.5. The van der Waals surface area contributed by atoms with E-state index in [2.05, 4.69) is 40.9 Å². The SMILES string of the molecule is NCCCCC(NC(=O)C(Cc1cnc[nH]1)NC(=O)C(Cc1c[nH]c2ccccc12)NC(=O)C(N)Cc1cnc[nH]1)C(=O)O. The third kappa shape index (κ3) is 8.75. The Morgan fingerprint density at radius 3 is 2.05 bits per heavy atom. The van der Waals surface area contributed by atoms with Crippen LogP contribution < -0.4 is 27.4 Å². The number of nitrogens with zero attached hydrogens (tertiary/aromatic N) is 2. The second-order valence-corrected chi connectivity index (χ2v) is 10.5. The summed E-state index contributed by atoms with van der Waals surface area (Å²) in [7, 11) is 0. The normalized spacial score (nSPS) is 14.0. The molecule has 0 saturated heterocycles. The van der Waals surface area contributed by atoms with Crippen LogP contribution in [0.5, 0.6) is 0 Å². The number of nitrogens with one attached hydrogen (secondary N) is 6. The van der Waals surface area contributed by atoms with Gasteiger partial charge in [0.05, 0.1) is 18.7 Å². The molecule has 0 spiro atoms. The number of H-pyrrole nitrogens is 3. The van der Waals surface area contributed by atoms with Gasteiger partial charge in [-0.15, -0.1) is 0 Å². The fourth-order valence-corrected chi connectivity index (χ4v) is 4.85. The van der Waals surface area contributed by atoms with Gasteiger partial charge in [0.15, 0.2) is 0 Å². The summed E-state index contributed by atoms with van der Waals surface area (Å²) in [6, 6.07) is 3.08. The van der Waals surface area contributed by atoms with Crippen molar-refractivity contribution >= 4 is 34.6 Å². The molecule has 4 atom stereocenters. The maximum atomic E-state index is 13.8. The minimum Gasteiger partial charge on any atom is -0.480 e. The van der Waals surface area contributed by atoms with Gasteiger partial charge >= 0.3 is 5.97 Å². The average Bonchev–Trinajstić information content (AvgIpc) is 3.79. The first-order chi connectivity index (χ1) is 21.2. The van der Waals surface area contributed by atoms with Crippen LogP contribution in [-0.4, -0.2) is 84.4 Å². The molecule has 44 heavy (non-hydrogen) atoms. The number of carboxylic acid groups (broad SMARTS) is 1. The number of carbonyl (C=O) groups is 4. The molecule has 3 amide bonds. The molecule has 234 valence electrons. The van der Waals surface area contributed by atoms with Gasteiger partial charge < -0.3 is 47.5 Å². The molecule has 0 aliphatic carbocycles. The molecule has 0 bridgehead atoms. The first kappa shape index (κ1) is 31.9. The highest BCUT2D eigenvalue weighted by Gasteiger charge is 2.31. The van der Waals surface area contributed by atoms with Gasteiger partial charge in [-0.2, -0.15) is 0 Å². The average molecular weight is 607 g/mol. The number of amides is 3. The maximum Gasteiger partial charge on any atom is 0.326 e. The molecular weight excluding hydrogens is 568 g/mol. The molecule has 4 unspecified atom stereocenters. The first-order valence-electron chi connectivity index (χ1n) is 14.3. The number of rotatable bonds is 17. The molecule has 15 heteroatoms. The molecule has 11 N–H and O–H groups in total. The molecule has 3 aromatic heterocycles. The third-order valence-electron chi connectivity index (χ3n) is 7.24. The van der Waals surface area contributed by atoms with E-state index in [0.717, 1.165) is 16.5 Å². The van der Waals surface area contributed by atoms with Crippen molar-refractivity contribution in [2.75, 3.05) is 6.54 Å². The van der Waals surface area contributed by atoms with Gasteiger partial charge in [-0.1, -0.05) is 18.2 Å². The van der Waals surface area contributed by atoms with Crippen molar-refractivity contribution in [3.8, 4) is 0 Å². The van der Waals surface area contributed by atoms with Crippen LogP contribution >= 0.6 is 0 Å². The second-order valence-electron chi connectivity index (χ2n) is 10.5. The zero-order chi connectivity index (χ0) is 31.5. The lowest BCUT2D eigenvalue weighted by molar-refractivity contribution is -0.142. The number of aromatic amines is 3. The molecule has 0 saturated carbocycles. The maximum absolute atomic E-state index is 13.8. The number of imidazole rings is 2. The van der Waals surface area contributed by atoms with E-state index in [4.69, 9.17) is 11.5 Å². The van der Waals surface area contributed by atoms with Crippen LogP contribution in [-0.2, 0) is 38.4 Å². The molecule has 1 aromatic carbocycles. The van der Waals surface area contributed by atoms with Crippen LogP contribution in [0.4, 0.5) is 0 Å². The molecule has 0 radical (unpaired) electrons. The zero-order valence-corrected chi connectivity index (χ0v) is 24.1. The number of nitrogens with two attached hydrogens (primary N) is 2. The van der Waals surface area contributed by atoms with Crippen molar-refractivity contribution in [3.05, 3.63) is 72.5 Å². The van der Waals surface area contributed by atoms with E-state index in [1.807, 2.05) is 24.3 Å². The number of aliphatic carboxylic acids is 1. The Bertz CT molecular complexity index is 1520. The first-order valence-corrected chi connectivity index (χ1v) is 14.3. The van der Waals surface area contributed by atoms with E-state index in [-0.39, 0.29) is 25.7 Å². The smallest absolute Gasteiger partial charge is 0.326 e. The van der Waals surface area contributed by atoms with Crippen LogP contribution in [0.25, 0.3) is 10.9 Å². The van der Waals surface area contributed by atoms with Gasteiger partial charge in [0.2, 0.25) is 17.7 Å². The van der Waals surface area contributed by atoms with Gasteiger partial charge in [-0.25, -0.2) is 14.8 Å². The van der Waals surface area contributed by atoms with Gasteiger partial charge in [0.25, 0.3) is 0 Å². The fraction of sp³-hybridized carbons (Fsp3) is 0.379. The van der Waals surface area contributed by atoms with E-state index in [0.29, 0.717) is 30.8 Å². The molecule has 4 aromatic rings. The minimum absolute atomic E-state index is 0.000196. The van der Waals surface area contributed by atoms with Crippen molar-refractivity contribution in [1.29, 1.82) is 0 Å². The molecule has 4 rings (SSSR count). The van der Waals surface area contributed by atoms with E-state index < -0.39 is 47.9 Å². The largest absolute Gasteiger partial charge is 0.480 e. The monoisotopic (exact) mass is 606 g/mol. The quantitative estimate of drug-likeness (QED) is 0.0711. The van der Waals surface area contributed by atoms with E-state index in [1.54, 1.807) is 12.4 Å². The summed E-state index contributed by atoms with van der Waals surface area (Å²) < 4.78 is 0. The fourth-order valence-electron chi connectivity index (χ4n) is 4.85. The number of carbonyl (C=O) groups excluding carboxylic acids is 3. The third-order valence-corrected chi connectivity index (χ3v) is 7.24. The van der Waals surface area contributed by atoms with Crippen LogP contribution in [0, 0.1) is 0 Å². The molecular formula is C29H38N10O5. The zero-order valence-electron chi connectivity index (χ0n) is 24.1. The summed E-state index contributed by atoms with van der Waals surface area (Å²) in [5.74, 6) is -3.11. The summed E-state index contributed by atoms with van der Waals surface area (Å²) in [4.78, 5) is 69.1. The number of unbranched alkanes of at least 4 members (excludes halogenated alkanes) is 1. The van der Waals surface area contributed by atoms with Gasteiger partial charge in [0, 0.05) is 60.1 Å². The summed E-state index contributed by atoms with van der Waals surface area (Å²) in [6.45, 7) is 0.397. The van der Waals surface area contributed by atoms with Crippen LogP contribution in [0.1, 0.15) is 36.2 Å². The Morgan fingerprint density at radius 1 is 0.795 bits per heavy atom. The standard InChI is InChI=1S/C29H38N10O5/c30-8-4-3-7-23(29(43)44)37-28(42)25(11-19-14-33-16-36-19)39-27(41)24(9-17-12-34-22-6-2-1-5-20(17)22)38-26(40)21(31)10-18-13-32-15-35-18/h1-2,5-6,12-16,21,23-25,34H,3-4,7-11,30-31H2,(H,32,35)(H,33,36)(H,37,42)(H,38,40)(H,39,41)(H,43,44). The van der Waals surface area contributed by atoms with Gasteiger partial charge in [-0.3, -0.25) is 14.4 Å². The van der Waals surface area contributed by atoms with Crippen molar-refractivity contribution in [2.24, 2.45) is 11.5 Å². The Hall–Kier alpha value is -5.02. The van der Waals surface area contributed by atoms with Crippen LogP contribution in [0.3, 0.4) is 0 Å².